The van der Waals surface area contributed by atoms with Gasteiger partial charge >= 0.3 is 0 Å². The zero-order valence-corrected chi connectivity index (χ0v) is 45.0. The van der Waals surface area contributed by atoms with Crippen LogP contribution in [0.1, 0.15) is 168 Å². The maximum Gasteiger partial charge on any atom is 0.220 e. The largest absolute Gasteiger partial charge is 0.394 e. The van der Waals surface area contributed by atoms with E-state index in [9.17, 15) is 61.0 Å². The van der Waals surface area contributed by atoms with E-state index in [1.54, 1.807) is 6.08 Å². The van der Waals surface area contributed by atoms with E-state index in [-0.39, 0.29) is 18.9 Å². The molecule has 0 bridgehead atoms. The van der Waals surface area contributed by atoms with E-state index < -0.39 is 124 Å². The highest BCUT2D eigenvalue weighted by atomic mass is 16.8. The number of carbonyl (C=O) groups is 1. The fourth-order valence-electron chi connectivity index (χ4n) is 9.37. The highest BCUT2D eigenvalue weighted by molar-refractivity contribution is 5.76. The van der Waals surface area contributed by atoms with E-state index >= 15 is 0 Å². The minimum atomic E-state index is -1.98. The van der Waals surface area contributed by atoms with Crippen molar-refractivity contribution in [2.24, 2.45) is 0 Å². The lowest BCUT2D eigenvalue weighted by atomic mass is 9.96. The lowest BCUT2D eigenvalue weighted by Gasteiger charge is -2.48. The Balaban J connectivity index is 1.44. The summed E-state index contributed by atoms with van der Waals surface area (Å²) in [5.41, 5.74) is 0. The number of ether oxygens (including phenoxy) is 6. The molecule has 3 aliphatic heterocycles. The highest BCUT2D eigenvalue weighted by Crippen LogP contribution is 2.33. The molecule has 3 rings (SSSR count). The molecule has 3 saturated heterocycles. The molecule has 3 fully saturated rings. The summed E-state index contributed by atoms with van der Waals surface area (Å²) in [5.74, 6) is -0.290. The third kappa shape index (κ3) is 24.8. The molecule has 17 atom stereocenters. The Morgan fingerprint density at radius 2 is 0.880 bits per heavy atom. The standard InChI is InChI=1S/C56H99NO18/c1-3-5-7-9-11-12-13-14-15-16-17-18-19-20-21-22-23-24-25-26-28-30-32-34-44(62)57-39(40(61)33-31-29-27-10-8-6-4-2)38-70-54-50(68)47(65)52(42(36-59)72-54)75-56-51(69)48(66)53(43(37-60)73-56)74-55-49(67)46(64)45(63)41(35-58)71-55/h13-14,16-17,19-20,31,33,39-43,45-56,58-61,63-69H,3-12,15,18,21-30,32,34-38H2,1-2H3,(H,57,62)/b14-13-,17-16-,20-19-,33-31+. The average Bonchev–Trinajstić information content (AvgIpc) is 3.41. The van der Waals surface area contributed by atoms with Gasteiger partial charge in [-0.15, -0.1) is 0 Å². The van der Waals surface area contributed by atoms with Crippen molar-refractivity contribution in [1.82, 2.24) is 5.32 Å². The molecule has 17 unspecified atom stereocenters. The molecular formula is C56H99NO18. The average molecular weight is 1070 g/mol. The fourth-order valence-corrected chi connectivity index (χ4v) is 9.37. The molecule has 0 radical (unpaired) electrons. The predicted molar refractivity (Wildman–Crippen MR) is 282 cm³/mol. The number of rotatable bonds is 40. The van der Waals surface area contributed by atoms with Gasteiger partial charge < -0.3 is 89.9 Å². The number of unbranched alkanes of at least 4 members (excludes halogenated alkanes) is 18. The molecule has 3 aliphatic rings. The second kappa shape index (κ2) is 40.0. The number of nitrogens with one attached hydrogen (secondary N) is 1. The lowest BCUT2D eigenvalue weighted by molar-refractivity contribution is -0.379. The Kier molecular flexibility index (Phi) is 35.8. The fraction of sp³-hybridized carbons (Fsp3) is 0.839. The quantitative estimate of drug-likeness (QED) is 0.0306. The van der Waals surface area contributed by atoms with Gasteiger partial charge in [-0.2, -0.15) is 0 Å². The Morgan fingerprint density at radius 3 is 1.37 bits per heavy atom. The third-order valence-electron chi connectivity index (χ3n) is 14.1. The highest BCUT2D eigenvalue weighted by Gasteiger charge is 2.53. The smallest absolute Gasteiger partial charge is 0.220 e. The minimum Gasteiger partial charge on any atom is -0.394 e. The second-order valence-electron chi connectivity index (χ2n) is 20.4. The normalized spacial score (nSPS) is 31.6. The van der Waals surface area contributed by atoms with Crippen LogP contribution in [-0.4, -0.2) is 193 Å². The molecule has 1 amide bonds. The zero-order valence-electron chi connectivity index (χ0n) is 45.0. The van der Waals surface area contributed by atoms with Crippen LogP contribution in [0.25, 0.3) is 0 Å². The zero-order chi connectivity index (χ0) is 54.8. The maximum absolute atomic E-state index is 13.2. The molecule has 19 heteroatoms. The van der Waals surface area contributed by atoms with Crippen molar-refractivity contribution in [2.45, 2.75) is 272 Å². The number of allylic oxidation sites excluding steroid dienone is 7. The summed E-state index contributed by atoms with van der Waals surface area (Å²) in [6.45, 7) is 1.60. The Morgan fingerprint density at radius 1 is 0.480 bits per heavy atom. The molecule has 12 N–H and O–H groups in total. The lowest BCUT2D eigenvalue weighted by Crippen LogP contribution is -2.66. The van der Waals surface area contributed by atoms with Crippen LogP contribution < -0.4 is 5.32 Å². The van der Waals surface area contributed by atoms with Crippen LogP contribution in [0.4, 0.5) is 0 Å². The number of hydrogen-bond donors (Lipinski definition) is 12. The summed E-state index contributed by atoms with van der Waals surface area (Å²) in [5, 5.41) is 120. The van der Waals surface area contributed by atoms with Crippen molar-refractivity contribution in [3.05, 3.63) is 48.6 Å². The first kappa shape index (κ1) is 67.0. The molecule has 3 heterocycles. The molecule has 0 aromatic heterocycles. The van der Waals surface area contributed by atoms with E-state index in [0.29, 0.717) is 6.42 Å². The van der Waals surface area contributed by atoms with E-state index in [0.717, 1.165) is 83.5 Å². The van der Waals surface area contributed by atoms with Crippen LogP contribution in [0.2, 0.25) is 0 Å². The SMILES string of the molecule is CCCCCCC/C=C\C/C=C\C/C=C\CCCCCCCCCCC(=O)NC(COC1OC(CO)C(OC2OC(CO)C(OC3OC(CO)C(O)C(O)C3O)C(O)C2O)C(O)C1O)C(O)/C=C/CCCCCCC. The number of aliphatic hydroxyl groups is 11. The summed E-state index contributed by atoms with van der Waals surface area (Å²) >= 11 is 0. The van der Waals surface area contributed by atoms with E-state index in [2.05, 4.69) is 55.6 Å². The van der Waals surface area contributed by atoms with Gasteiger partial charge in [0.25, 0.3) is 0 Å². The second-order valence-corrected chi connectivity index (χ2v) is 20.4. The van der Waals surface area contributed by atoms with Gasteiger partial charge in [0.15, 0.2) is 18.9 Å². The third-order valence-corrected chi connectivity index (χ3v) is 14.1. The summed E-state index contributed by atoms with van der Waals surface area (Å²) in [4.78, 5) is 13.2. The minimum absolute atomic E-state index is 0.232. The molecule has 0 spiro atoms. The first-order valence-electron chi connectivity index (χ1n) is 28.4. The molecule has 0 aliphatic carbocycles. The van der Waals surface area contributed by atoms with Crippen molar-refractivity contribution in [1.29, 1.82) is 0 Å². The van der Waals surface area contributed by atoms with Gasteiger partial charge in [-0.25, -0.2) is 0 Å². The summed E-state index contributed by atoms with van der Waals surface area (Å²) < 4.78 is 34.1. The van der Waals surface area contributed by atoms with E-state index in [1.807, 2.05) is 6.08 Å². The Hall–Kier alpha value is -2.25. The van der Waals surface area contributed by atoms with Gasteiger partial charge in [-0.1, -0.05) is 152 Å². The Labute approximate surface area is 446 Å². The van der Waals surface area contributed by atoms with Crippen LogP contribution in [0.5, 0.6) is 0 Å². The van der Waals surface area contributed by atoms with Crippen LogP contribution in [0.3, 0.4) is 0 Å². The molecule has 0 saturated carbocycles. The molecule has 436 valence electrons. The molecule has 0 aromatic carbocycles. The maximum atomic E-state index is 13.2. The summed E-state index contributed by atoms with van der Waals surface area (Å²) in [7, 11) is 0. The van der Waals surface area contributed by atoms with Crippen molar-refractivity contribution in [3.8, 4) is 0 Å². The first-order chi connectivity index (χ1) is 36.3. The van der Waals surface area contributed by atoms with E-state index in [4.69, 9.17) is 28.4 Å². The number of carbonyl (C=O) groups excluding carboxylic acids is 1. The number of hydrogen-bond acceptors (Lipinski definition) is 18. The van der Waals surface area contributed by atoms with Crippen molar-refractivity contribution in [2.75, 3.05) is 26.4 Å². The predicted octanol–water partition coefficient (Wildman–Crippen LogP) is 3.92. The van der Waals surface area contributed by atoms with Crippen molar-refractivity contribution < 1.29 is 89.4 Å². The molecule has 19 nitrogen and oxygen atoms in total. The number of aliphatic hydroxyl groups excluding tert-OH is 11. The van der Waals surface area contributed by atoms with Gasteiger partial charge in [-0.05, 0) is 57.8 Å². The summed E-state index contributed by atoms with van der Waals surface area (Å²) in [6, 6.07) is -0.975. The summed E-state index contributed by atoms with van der Waals surface area (Å²) in [6.07, 6.45) is 15.7. The van der Waals surface area contributed by atoms with Crippen molar-refractivity contribution >= 4 is 5.91 Å². The van der Waals surface area contributed by atoms with Crippen LogP contribution >= 0.6 is 0 Å². The van der Waals surface area contributed by atoms with Gasteiger partial charge in [-0.3, -0.25) is 4.79 Å². The molecular weight excluding hydrogens is 975 g/mol. The first-order valence-corrected chi connectivity index (χ1v) is 28.4. The van der Waals surface area contributed by atoms with Gasteiger partial charge in [0.05, 0.1) is 38.6 Å². The Bertz CT molecular complexity index is 1570. The van der Waals surface area contributed by atoms with E-state index in [1.165, 1.54) is 57.8 Å². The van der Waals surface area contributed by atoms with Gasteiger partial charge in [0.1, 0.15) is 73.2 Å². The topological polar surface area (TPSA) is 307 Å². The van der Waals surface area contributed by atoms with Crippen LogP contribution in [0.15, 0.2) is 48.6 Å². The number of amides is 1. The van der Waals surface area contributed by atoms with Crippen molar-refractivity contribution in [3.63, 3.8) is 0 Å². The monoisotopic (exact) mass is 1070 g/mol. The van der Waals surface area contributed by atoms with Gasteiger partial charge in [0, 0.05) is 6.42 Å². The van der Waals surface area contributed by atoms with Crippen LogP contribution in [-0.2, 0) is 33.2 Å². The van der Waals surface area contributed by atoms with Gasteiger partial charge in [0.2, 0.25) is 5.91 Å². The molecule has 75 heavy (non-hydrogen) atoms. The molecule has 0 aromatic rings. The van der Waals surface area contributed by atoms with Crippen LogP contribution in [0, 0.1) is 0 Å².